The van der Waals surface area contributed by atoms with Crippen LogP contribution in [-0.2, 0) is 9.53 Å². The Morgan fingerprint density at radius 2 is 0.889 bits per heavy atom. The van der Waals surface area contributed by atoms with E-state index >= 15 is 0 Å². The number of carbonyl (C=O) groups is 2. The number of aliphatic carboxylic acids is 1. The molecule has 5 heteroatoms. The van der Waals surface area contributed by atoms with Gasteiger partial charge in [-0.1, -0.05) is 129 Å². The minimum absolute atomic E-state index is 0.468. The molecule has 36 heavy (non-hydrogen) atoms. The molecule has 3 N–H and O–H groups in total. The van der Waals surface area contributed by atoms with Crippen molar-refractivity contribution in [1.29, 1.82) is 0 Å². The molecule has 0 aliphatic carbocycles. The Morgan fingerprint density at radius 3 is 1.25 bits per heavy atom. The van der Waals surface area contributed by atoms with Gasteiger partial charge in [-0.3, -0.25) is 4.79 Å². The van der Waals surface area contributed by atoms with Gasteiger partial charge in [-0.25, -0.2) is 4.79 Å². The second kappa shape index (κ2) is 37.8. The van der Waals surface area contributed by atoms with E-state index in [1.165, 1.54) is 116 Å². The predicted octanol–water partition coefficient (Wildman–Crippen LogP) is 10.1. The van der Waals surface area contributed by atoms with Crippen molar-refractivity contribution in [2.45, 2.75) is 156 Å². The number of carboxylic acids is 1. The van der Waals surface area contributed by atoms with Gasteiger partial charge in [-0.15, -0.1) is 0 Å². The summed E-state index contributed by atoms with van der Waals surface area (Å²) in [5, 5.41) is 7.42. The molecule has 0 unspecified atom stereocenters. The SMILES string of the molecule is CC(=O)O.CCCC/C=C\CCCCCCCC.CCCC/C=C\CCCCCCCCOC(N)=O. The third kappa shape index (κ3) is 53.5. The van der Waals surface area contributed by atoms with E-state index in [2.05, 4.69) is 49.8 Å². The molecular weight excluding hydrogens is 450 g/mol. The van der Waals surface area contributed by atoms with Crippen molar-refractivity contribution >= 4 is 12.1 Å². The van der Waals surface area contributed by atoms with Crippen molar-refractivity contribution in [3.05, 3.63) is 24.3 Å². The Kier molecular flexibility index (Phi) is 40.6. The average Bonchev–Trinajstić information content (AvgIpc) is 2.83. The minimum atomic E-state index is -0.833. The Labute approximate surface area is 224 Å². The first-order chi connectivity index (χ1) is 17.4. The first kappa shape index (κ1) is 38.7. The Balaban J connectivity index is -0.000000538. The number of carbonyl (C=O) groups excluding carboxylic acids is 1. The lowest BCUT2D eigenvalue weighted by atomic mass is 10.1. The zero-order valence-corrected chi connectivity index (χ0v) is 24.4. The van der Waals surface area contributed by atoms with Crippen LogP contribution in [0.4, 0.5) is 4.79 Å². The molecule has 0 rings (SSSR count). The van der Waals surface area contributed by atoms with E-state index in [1.807, 2.05) is 0 Å². The van der Waals surface area contributed by atoms with Gasteiger partial charge in [0, 0.05) is 6.92 Å². The number of carboxylic acid groups (broad SMARTS) is 1. The van der Waals surface area contributed by atoms with Crippen molar-refractivity contribution in [3.8, 4) is 0 Å². The zero-order valence-electron chi connectivity index (χ0n) is 24.4. The smallest absolute Gasteiger partial charge is 0.404 e. The standard InChI is InChI=1S/C15H29NO2.C14H28.C2H4O2/c1-2-3-4-5-6-7-8-9-10-11-12-13-14-18-15(16)17;1-3-5-7-9-11-13-14-12-10-8-6-4-2;1-2(3)4/h5-6H,2-4,7-14H2,1H3,(H2,16,17);9,11H,3-8,10,12-14H2,1-2H3;1H3,(H,3,4)/b6-5-;11-9-;. The van der Waals surface area contributed by atoms with E-state index < -0.39 is 12.1 Å². The molecule has 214 valence electrons. The van der Waals surface area contributed by atoms with Crippen LogP contribution < -0.4 is 5.73 Å². The summed E-state index contributed by atoms with van der Waals surface area (Å²) in [4.78, 5) is 19.3. The van der Waals surface area contributed by atoms with Crippen molar-refractivity contribution in [1.82, 2.24) is 0 Å². The fraction of sp³-hybridized carbons (Fsp3) is 0.806. The summed E-state index contributed by atoms with van der Waals surface area (Å²) in [7, 11) is 0. The maximum absolute atomic E-state index is 10.3. The fourth-order valence-electron chi connectivity index (χ4n) is 3.40. The highest BCUT2D eigenvalue weighted by molar-refractivity contribution is 5.64. The number of rotatable bonds is 22. The van der Waals surface area contributed by atoms with Crippen LogP contribution in [0.2, 0.25) is 0 Å². The van der Waals surface area contributed by atoms with Crippen molar-refractivity contribution in [2.24, 2.45) is 5.73 Å². The van der Waals surface area contributed by atoms with E-state index in [-0.39, 0.29) is 0 Å². The molecule has 0 aromatic carbocycles. The number of amides is 1. The lowest BCUT2D eigenvalue weighted by Crippen LogP contribution is -2.13. The molecule has 0 spiro atoms. The van der Waals surface area contributed by atoms with Crippen LogP contribution in [0.5, 0.6) is 0 Å². The minimum Gasteiger partial charge on any atom is -0.481 e. The maximum Gasteiger partial charge on any atom is 0.404 e. The van der Waals surface area contributed by atoms with Crippen LogP contribution in [0.15, 0.2) is 24.3 Å². The van der Waals surface area contributed by atoms with Crippen molar-refractivity contribution in [3.63, 3.8) is 0 Å². The zero-order chi connectivity index (χ0) is 27.5. The third-order valence-corrected chi connectivity index (χ3v) is 5.52. The van der Waals surface area contributed by atoms with Gasteiger partial charge in [0.1, 0.15) is 0 Å². The average molecular weight is 512 g/mol. The van der Waals surface area contributed by atoms with E-state index in [9.17, 15) is 4.79 Å². The number of allylic oxidation sites excluding steroid dienone is 4. The number of ether oxygens (including phenoxy) is 1. The summed E-state index contributed by atoms with van der Waals surface area (Å²) in [5.74, 6) is -0.833. The second-order valence-corrected chi connectivity index (χ2v) is 9.38. The molecule has 0 aliphatic rings. The van der Waals surface area contributed by atoms with Crippen molar-refractivity contribution in [2.75, 3.05) is 6.61 Å². The first-order valence-corrected chi connectivity index (χ1v) is 14.8. The van der Waals surface area contributed by atoms with Gasteiger partial charge in [0.25, 0.3) is 5.97 Å². The fourth-order valence-corrected chi connectivity index (χ4v) is 3.40. The van der Waals surface area contributed by atoms with Gasteiger partial charge in [-0.05, 0) is 44.9 Å². The molecule has 0 aromatic heterocycles. The third-order valence-electron chi connectivity index (χ3n) is 5.52. The molecule has 0 heterocycles. The molecular formula is C31H61NO4. The number of primary amides is 1. The summed E-state index contributed by atoms with van der Waals surface area (Å²) in [6.07, 6.45) is 34.6. The van der Waals surface area contributed by atoms with E-state index in [0.29, 0.717) is 6.61 Å². The van der Waals surface area contributed by atoms with Gasteiger partial charge < -0.3 is 15.6 Å². The number of hydrogen-bond donors (Lipinski definition) is 2. The molecule has 1 amide bonds. The van der Waals surface area contributed by atoms with Crippen LogP contribution in [-0.4, -0.2) is 23.8 Å². The van der Waals surface area contributed by atoms with Gasteiger partial charge in [0.15, 0.2) is 0 Å². The highest BCUT2D eigenvalue weighted by Crippen LogP contribution is 2.09. The maximum atomic E-state index is 10.3. The summed E-state index contributed by atoms with van der Waals surface area (Å²) < 4.78 is 4.66. The molecule has 0 bridgehead atoms. The Morgan fingerprint density at radius 1 is 0.583 bits per heavy atom. The molecule has 0 atom stereocenters. The van der Waals surface area contributed by atoms with Crippen LogP contribution in [0.1, 0.15) is 156 Å². The Bertz CT molecular complexity index is 485. The lowest BCUT2D eigenvalue weighted by molar-refractivity contribution is -0.134. The Hall–Kier alpha value is -1.78. The molecule has 0 radical (unpaired) electrons. The number of hydrogen-bond acceptors (Lipinski definition) is 3. The van der Waals surface area contributed by atoms with Gasteiger partial charge >= 0.3 is 6.09 Å². The molecule has 0 aliphatic heterocycles. The monoisotopic (exact) mass is 511 g/mol. The van der Waals surface area contributed by atoms with E-state index in [1.54, 1.807) is 0 Å². The van der Waals surface area contributed by atoms with Gasteiger partial charge in [-0.2, -0.15) is 0 Å². The topological polar surface area (TPSA) is 89.6 Å². The predicted molar refractivity (Wildman–Crippen MR) is 156 cm³/mol. The number of nitrogens with two attached hydrogens (primary N) is 1. The molecule has 0 fully saturated rings. The summed E-state index contributed by atoms with van der Waals surface area (Å²) in [5.41, 5.74) is 4.86. The first-order valence-electron chi connectivity index (χ1n) is 14.8. The van der Waals surface area contributed by atoms with Crippen LogP contribution in [0.25, 0.3) is 0 Å². The quantitative estimate of drug-likeness (QED) is 0.112. The van der Waals surface area contributed by atoms with Crippen LogP contribution in [0, 0.1) is 0 Å². The highest BCUT2D eigenvalue weighted by Gasteiger charge is 1.94. The molecule has 0 saturated carbocycles. The van der Waals surface area contributed by atoms with Crippen LogP contribution >= 0.6 is 0 Å². The number of unbranched alkanes of at least 4 members (excludes halogenated alkanes) is 16. The van der Waals surface area contributed by atoms with Gasteiger partial charge in [0.05, 0.1) is 6.61 Å². The van der Waals surface area contributed by atoms with E-state index in [0.717, 1.165) is 19.8 Å². The summed E-state index contributed by atoms with van der Waals surface area (Å²) >= 11 is 0. The van der Waals surface area contributed by atoms with Gasteiger partial charge in [0.2, 0.25) is 0 Å². The second-order valence-electron chi connectivity index (χ2n) is 9.38. The molecule has 5 nitrogen and oxygen atoms in total. The molecule has 0 aromatic rings. The lowest BCUT2D eigenvalue weighted by Gasteiger charge is -2.01. The molecule has 0 saturated heterocycles. The normalized spacial score (nSPS) is 10.6. The van der Waals surface area contributed by atoms with Crippen molar-refractivity contribution < 1.29 is 19.4 Å². The van der Waals surface area contributed by atoms with Crippen LogP contribution in [0.3, 0.4) is 0 Å². The van der Waals surface area contributed by atoms with E-state index in [4.69, 9.17) is 15.6 Å². The highest BCUT2D eigenvalue weighted by atomic mass is 16.5. The largest absolute Gasteiger partial charge is 0.481 e. The summed E-state index contributed by atoms with van der Waals surface area (Å²) in [6.45, 7) is 8.30. The summed E-state index contributed by atoms with van der Waals surface area (Å²) in [6, 6.07) is 0.